The maximum atomic E-state index is 11.6. The highest BCUT2D eigenvalue weighted by Crippen LogP contribution is 2.14. The van der Waals surface area contributed by atoms with E-state index in [1.807, 2.05) is 6.07 Å². The molecule has 0 aliphatic rings. The molecule has 0 bridgehead atoms. The van der Waals surface area contributed by atoms with Crippen molar-refractivity contribution in [2.45, 2.75) is 6.61 Å². The van der Waals surface area contributed by atoms with Gasteiger partial charge in [-0.1, -0.05) is 15.9 Å². The Morgan fingerprint density at radius 2 is 2.29 bits per heavy atom. The molecule has 0 atom stereocenters. The lowest BCUT2D eigenvalue weighted by Crippen LogP contribution is -2.13. The third-order valence-corrected chi connectivity index (χ3v) is 2.44. The van der Waals surface area contributed by atoms with Crippen molar-refractivity contribution in [2.75, 3.05) is 0 Å². The van der Waals surface area contributed by atoms with Crippen LogP contribution in [0, 0.1) is 0 Å². The minimum atomic E-state index is -0.349. The number of hydrogen-bond acceptors (Lipinski definition) is 3. The van der Waals surface area contributed by atoms with Crippen molar-refractivity contribution in [1.29, 1.82) is 0 Å². The molecular formula is C9H7BrN2O2. The molecule has 72 valence electrons. The topological polar surface area (TPSA) is 66.0 Å². The third-order valence-electron chi connectivity index (χ3n) is 1.95. The third kappa shape index (κ3) is 1.44. The number of aromatic amines is 1. The van der Waals surface area contributed by atoms with E-state index >= 15 is 0 Å². The second kappa shape index (κ2) is 3.51. The molecule has 0 unspecified atom stereocenters. The summed E-state index contributed by atoms with van der Waals surface area (Å²) in [6.45, 7) is -0.349. The SMILES string of the molecule is O=c1c(CO)n[nH]c2ccc(Br)cc12. The fourth-order valence-corrected chi connectivity index (χ4v) is 1.60. The fourth-order valence-electron chi connectivity index (χ4n) is 1.24. The largest absolute Gasteiger partial charge is 0.390 e. The maximum absolute atomic E-state index is 11.6. The number of rotatable bonds is 1. The Bertz CT molecular complexity index is 536. The molecule has 0 fully saturated rings. The molecule has 5 heteroatoms. The molecule has 1 aromatic carbocycles. The van der Waals surface area contributed by atoms with E-state index in [0.29, 0.717) is 10.9 Å². The summed E-state index contributed by atoms with van der Waals surface area (Å²) in [7, 11) is 0. The molecule has 1 aromatic heterocycles. The van der Waals surface area contributed by atoms with Gasteiger partial charge in [-0.25, -0.2) is 0 Å². The smallest absolute Gasteiger partial charge is 0.213 e. The molecule has 0 spiro atoms. The molecule has 0 aliphatic heterocycles. The lowest BCUT2D eigenvalue weighted by molar-refractivity contribution is 0.274. The summed E-state index contributed by atoms with van der Waals surface area (Å²) in [6, 6.07) is 5.28. The first-order chi connectivity index (χ1) is 6.72. The Hall–Kier alpha value is -1.20. The van der Waals surface area contributed by atoms with Crippen LogP contribution >= 0.6 is 15.9 Å². The number of fused-ring (bicyclic) bond motifs is 1. The van der Waals surface area contributed by atoms with Gasteiger partial charge >= 0.3 is 0 Å². The molecule has 0 saturated carbocycles. The number of hydrogen-bond donors (Lipinski definition) is 2. The van der Waals surface area contributed by atoms with Crippen LogP contribution in [0.5, 0.6) is 0 Å². The number of aromatic nitrogens is 2. The van der Waals surface area contributed by atoms with Crippen molar-refractivity contribution in [3.8, 4) is 0 Å². The average molecular weight is 255 g/mol. The van der Waals surface area contributed by atoms with E-state index < -0.39 is 0 Å². The highest BCUT2D eigenvalue weighted by atomic mass is 79.9. The van der Waals surface area contributed by atoms with E-state index in [4.69, 9.17) is 5.11 Å². The van der Waals surface area contributed by atoms with Gasteiger partial charge in [0, 0.05) is 4.47 Å². The zero-order valence-corrected chi connectivity index (χ0v) is 8.71. The van der Waals surface area contributed by atoms with Crippen molar-refractivity contribution in [1.82, 2.24) is 10.2 Å². The van der Waals surface area contributed by atoms with E-state index in [1.54, 1.807) is 12.1 Å². The monoisotopic (exact) mass is 254 g/mol. The Morgan fingerprint density at radius 3 is 3.00 bits per heavy atom. The summed E-state index contributed by atoms with van der Waals surface area (Å²) >= 11 is 3.28. The van der Waals surface area contributed by atoms with Gasteiger partial charge in [-0.05, 0) is 18.2 Å². The molecule has 4 nitrogen and oxygen atoms in total. The van der Waals surface area contributed by atoms with Crippen LogP contribution < -0.4 is 5.43 Å². The molecule has 2 rings (SSSR count). The van der Waals surface area contributed by atoms with Gasteiger partial charge in [-0.3, -0.25) is 9.89 Å². The van der Waals surface area contributed by atoms with Gasteiger partial charge in [0.1, 0.15) is 5.69 Å². The van der Waals surface area contributed by atoms with Gasteiger partial charge in [0.25, 0.3) is 0 Å². The van der Waals surface area contributed by atoms with Crippen molar-refractivity contribution in [3.05, 3.63) is 38.6 Å². The van der Waals surface area contributed by atoms with E-state index in [1.165, 1.54) is 0 Å². The van der Waals surface area contributed by atoms with Crippen LogP contribution in [0.2, 0.25) is 0 Å². The molecule has 14 heavy (non-hydrogen) atoms. The Kier molecular flexibility index (Phi) is 2.35. The number of nitrogens with one attached hydrogen (secondary N) is 1. The lowest BCUT2D eigenvalue weighted by Gasteiger charge is -1.99. The second-order valence-electron chi connectivity index (χ2n) is 2.85. The zero-order chi connectivity index (χ0) is 10.1. The quantitative estimate of drug-likeness (QED) is 0.804. The van der Waals surface area contributed by atoms with Crippen LogP contribution in [-0.2, 0) is 6.61 Å². The van der Waals surface area contributed by atoms with Crippen molar-refractivity contribution in [2.24, 2.45) is 0 Å². The predicted octanol–water partition coefficient (Wildman–Crippen LogP) is 1.18. The first-order valence-electron chi connectivity index (χ1n) is 4.00. The summed E-state index contributed by atoms with van der Waals surface area (Å²) in [5.41, 5.74) is 0.563. The van der Waals surface area contributed by atoms with Crippen molar-refractivity contribution in [3.63, 3.8) is 0 Å². The van der Waals surface area contributed by atoms with Gasteiger partial charge in [0.15, 0.2) is 0 Å². The Balaban J connectivity index is 2.87. The van der Waals surface area contributed by atoms with E-state index in [9.17, 15) is 4.79 Å². The summed E-state index contributed by atoms with van der Waals surface area (Å²) < 4.78 is 0.825. The highest BCUT2D eigenvalue weighted by molar-refractivity contribution is 9.10. The first kappa shape index (κ1) is 9.36. The van der Waals surface area contributed by atoms with Gasteiger partial charge in [0.2, 0.25) is 5.43 Å². The van der Waals surface area contributed by atoms with Crippen LogP contribution in [-0.4, -0.2) is 15.3 Å². The van der Waals surface area contributed by atoms with Crippen LogP contribution in [0.4, 0.5) is 0 Å². The second-order valence-corrected chi connectivity index (χ2v) is 3.76. The van der Waals surface area contributed by atoms with Crippen molar-refractivity contribution < 1.29 is 5.11 Å². The highest BCUT2D eigenvalue weighted by Gasteiger charge is 2.05. The Morgan fingerprint density at radius 1 is 1.50 bits per heavy atom. The summed E-state index contributed by atoms with van der Waals surface area (Å²) in [5.74, 6) is 0. The number of nitrogens with zero attached hydrogens (tertiary/aromatic N) is 1. The summed E-state index contributed by atoms with van der Waals surface area (Å²) in [5, 5.41) is 15.8. The van der Waals surface area contributed by atoms with Crippen LogP contribution in [0.3, 0.4) is 0 Å². The van der Waals surface area contributed by atoms with Crippen molar-refractivity contribution >= 4 is 26.8 Å². The Labute approximate surface area is 87.7 Å². The minimum absolute atomic E-state index is 0.135. The predicted molar refractivity (Wildman–Crippen MR) is 56.0 cm³/mol. The summed E-state index contributed by atoms with van der Waals surface area (Å²) in [4.78, 5) is 11.6. The first-order valence-corrected chi connectivity index (χ1v) is 4.79. The van der Waals surface area contributed by atoms with E-state index in [2.05, 4.69) is 26.1 Å². The minimum Gasteiger partial charge on any atom is -0.390 e. The van der Waals surface area contributed by atoms with Gasteiger partial charge < -0.3 is 5.11 Å². The van der Waals surface area contributed by atoms with Crippen LogP contribution in [0.25, 0.3) is 10.9 Å². The standard InChI is InChI=1S/C9H7BrN2O2/c10-5-1-2-7-6(3-5)9(14)8(4-13)12-11-7/h1-3,13H,4H2,(H,11,14). The van der Waals surface area contributed by atoms with Gasteiger partial charge in [0.05, 0.1) is 17.5 Å². The van der Waals surface area contributed by atoms with Gasteiger partial charge in [-0.2, -0.15) is 5.10 Å². The molecule has 1 heterocycles. The molecule has 0 radical (unpaired) electrons. The molecule has 0 amide bonds. The molecular weight excluding hydrogens is 248 g/mol. The molecule has 0 saturated heterocycles. The number of halogens is 1. The van der Waals surface area contributed by atoms with E-state index in [0.717, 1.165) is 4.47 Å². The zero-order valence-electron chi connectivity index (χ0n) is 7.12. The fraction of sp³-hybridized carbons (Fsp3) is 0.111. The number of benzene rings is 1. The van der Waals surface area contributed by atoms with Crippen LogP contribution in [0.1, 0.15) is 5.69 Å². The molecule has 0 aliphatic carbocycles. The average Bonchev–Trinajstić information content (AvgIpc) is 2.20. The summed E-state index contributed by atoms with van der Waals surface area (Å²) in [6.07, 6.45) is 0. The number of H-pyrrole nitrogens is 1. The maximum Gasteiger partial charge on any atom is 0.213 e. The van der Waals surface area contributed by atoms with Gasteiger partial charge in [-0.15, -0.1) is 0 Å². The molecule has 2 aromatic rings. The van der Waals surface area contributed by atoms with E-state index in [-0.39, 0.29) is 17.7 Å². The normalized spacial score (nSPS) is 10.7. The lowest BCUT2D eigenvalue weighted by atomic mass is 10.2. The molecule has 2 N–H and O–H groups in total. The van der Waals surface area contributed by atoms with Crippen LogP contribution in [0.15, 0.2) is 27.5 Å². The number of aliphatic hydroxyl groups is 1. The number of aliphatic hydroxyl groups excluding tert-OH is 1.